The van der Waals surface area contributed by atoms with Gasteiger partial charge in [-0.05, 0) is 43.9 Å². The lowest BCUT2D eigenvalue weighted by Crippen LogP contribution is -2.16. The number of aliphatic carboxylic acids is 1. The van der Waals surface area contributed by atoms with E-state index in [2.05, 4.69) is 21.7 Å². The number of fused-ring (bicyclic) bond motifs is 2. The molecule has 1 N–H and O–H groups in total. The summed E-state index contributed by atoms with van der Waals surface area (Å²) in [6.45, 7) is 2.88. The molecule has 0 amide bonds. The molecule has 0 radical (unpaired) electrons. The van der Waals surface area contributed by atoms with E-state index in [4.69, 9.17) is 5.11 Å². The van der Waals surface area contributed by atoms with Crippen LogP contribution in [0, 0.1) is 17.8 Å². The van der Waals surface area contributed by atoms with Gasteiger partial charge in [0.25, 0.3) is 0 Å². The number of aromatic nitrogens is 3. The van der Waals surface area contributed by atoms with Crippen LogP contribution in [0.3, 0.4) is 0 Å². The molecule has 110 valence electrons. The molecule has 0 saturated heterocycles. The quantitative estimate of drug-likeness (QED) is 0.816. The van der Waals surface area contributed by atoms with Crippen LogP contribution in [-0.4, -0.2) is 31.6 Å². The summed E-state index contributed by atoms with van der Waals surface area (Å²) in [5.74, 6) is 2.88. The third-order valence-corrected chi connectivity index (χ3v) is 5.72. The molecule has 0 aromatic carbocycles. The van der Waals surface area contributed by atoms with Gasteiger partial charge in [-0.25, -0.2) is 0 Å². The second-order valence-electron chi connectivity index (χ2n) is 5.96. The molecule has 2 fully saturated rings. The number of carboxylic acid groups (broad SMARTS) is 1. The number of rotatable bonds is 6. The first-order valence-corrected chi connectivity index (χ1v) is 8.42. The van der Waals surface area contributed by atoms with Crippen LogP contribution in [0.25, 0.3) is 0 Å². The standard InChI is InChI=1S/C14H21N3O2S/c1-2-17-12(15-16-14(17)20-8-13(18)19)7-11-6-9-3-4-10(11)5-9/h9-11H,2-8H2,1H3,(H,18,19). The monoisotopic (exact) mass is 295 g/mol. The topological polar surface area (TPSA) is 68.0 Å². The van der Waals surface area contributed by atoms with Crippen LogP contribution in [-0.2, 0) is 17.8 Å². The highest BCUT2D eigenvalue weighted by atomic mass is 32.2. The Kier molecular flexibility index (Phi) is 4.01. The maximum Gasteiger partial charge on any atom is 0.313 e. The van der Waals surface area contributed by atoms with E-state index < -0.39 is 5.97 Å². The third kappa shape index (κ3) is 2.71. The van der Waals surface area contributed by atoms with Crippen molar-refractivity contribution in [2.45, 2.75) is 50.7 Å². The Hall–Kier alpha value is -1.04. The highest BCUT2D eigenvalue weighted by Gasteiger charge is 2.39. The maximum atomic E-state index is 10.7. The summed E-state index contributed by atoms with van der Waals surface area (Å²) in [7, 11) is 0. The summed E-state index contributed by atoms with van der Waals surface area (Å²) < 4.78 is 2.08. The number of hydrogen-bond donors (Lipinski definition) is 1. The average Bonchev–Trinajstić information content (AvgIpc) is 3.11. The van der Waals surface area contributed by atoms with E-state index in [0.717, 1.165) is 41.7 Å². The fraction of sp³-hybridized carbons (Fsp3) is 0.786. The summed E-state index contributed by atoms with van der Waals surface area (Å²) in [6.07, 6.45) is 6.57. The Labute approximate surface area is 123 Å². The van der Waals surface area contributed by atoms with Gasteiger partial charge in [0.15, 0.2) is 5.16 Å². The van der Waals surface area contributed by atoms with E-state index in [0.29, 0.717) is 0 Å². The minimum Gasteiger partial charge on any atom is -0.481 e. The fourth-order valence-corrected chi connectivity index (χ4v) is 4.62. The molecule has 5 nitrogen and oxygen atoms in total. The van der Waals surface area contributed by atoms with Crippen LogP contribution in [0.2, 0.25) is 0 Å². The number of nitrogens with zero attached hydrogens (tertiary/aromatic N) is 3. The summed E-state index contributed by atoms with van der Waals surface area (Å²) >= 11 is 1.26. The van der Waals surface area contributed by atoms with E-state index in [1.165, 1.54) is 37.4 Å². The van der Waals surface area contributed by atoms with Gasteiger partial charge in [-0.3, -0.25) is 4.79 Å². The Balaban J connectivity index is 1.68. The van der Waals surface area contributed by atoms with Crippen LogP contribution in [0.4, 0.5) is 0 Å². The van der Waals surface area contributed by atoms with Crippen LogP contribution < -0.4 is 0 Å². The van der Waals surface area contributed by atoms with Crippen LogP contribution in [0.15, 0.2) is 5.16 Å². The Morgan fingerprint density at radius 1 is 1.40 bits per heavy atom. The number of hydrogen-bond acceptors (Lipinski definition) is 4. The molecule has 1 aromatic heterocycles. The molecular weight excluding hydrogens is 274 g/mol. The van der Waals surface area contributed by atoms with Gasteiger partial charge in [0.1, 0.15) is 5.82 Å². The van der Waals surface area contributed by atoms with Crippen molar-refractivity contribution in [2.75, 3.05) is 5.75 Å². The average molecular weight is 295 g/mol. The molecule has 1 heterocycles. The smallest absolute Gasteiger partial charge is 0.313 e. The molecular formula is C14H21N3O2S. The van der Waals surface area contributed by atoms with Gasteiger partial charge in [-0.15, -0.1) is 10.2 Å². The lowest BCUT2D eigenvalue weighted by atomic mass is 9.86. The molecule has 2 saturated carbocycles. The van der Waals surface area contributed by atoms with Crippen LogP contribution >= 0.6 is 11.8 Å². The van der Waals surface area contributed by atoms with Crippen molar-refractivity contribution >= 4 is 17.7 Å². The number of carbonyl (C=O) groups is 1. The molecule has 0 spiro atoms. The SMILES string of the molecule is CCn1c(CC2CC3CCC2C3)nnc1SCC(=O)O. The van der Waals surface area contributed by atoms with E-state index in [1.807, 2.05) is 0 Å². The fourth-order valence-electron chi connectivity index (χ4n) is 3.88. The van der Waals surface area contributed by atoms with E-state index >= 15 is 0 Å². The van der Waals surface area contributed by atoms with Gasteiger partial charge in [0.05, 0.1) is 5.75 Å². The van der Waals surface area contributed by atoms with Gasteiger partial charge in [-0.2, -0.15) is 0 Å². The predicted octanol–water partition coefficient (Wildman–Crippen LogP) is 2.45. The number of thioether (sulfide) groups is 1. The summed E-state index contributed by atoms with van der Waals surface area (Å²) in [5, 5.41) is 18.0. The highest BCUT2D eigenvalue weighted by molar-refractivity contribution is 7.99. The van der Waals surface area contributed by atoms with Crippen molar-refractivity contribution in [3.8, 4) is 0 Å². The van der Waals surface area contributed by atoms with Crippen molar-refractivity contribution in [2.24, 2.45) is 17.8 Å². The summed E-state index contributed by atoms with van der Waals surface area (Å²) in [4.78, 5) is 10.7. The van der Waals surface area contributed by atoms with Crippen LogP contribution in [0.1, 0.15) is 38.4 Å². The zero-order valence-electron chi connectivity index (χ0n) is 11.8. The molecule has 6 heteroatoms. The van der Waals surface area contributed by atoms with Gasteiger partial charge in [0.2, 0.25) is 0 Å². The molecule has 2 bridgehead atoms. The molecule has 3 atom stereocenters. The third-order valence-electron chi connectivity index (χ3n) is 4.76. The largest absolute Gasteiger partial charge is 0.481 e. The zero-order valence-corrected chi connectivity index (χ0v) is 12.6. The van der Waals surface area contributed by atoms with Crippen molar-refractivity contribution < 1.29 is 9.90 Å². The van der Waals surface area contributed by atoms with Crippen LogP contribution in [0.5, 0.6) is 0 Å². The molecule has 2 aliphatic rings. The van der Waals surface area contributed by atoms with Crippen molar-refractivity contribution in [1.29, 1.82) is 0 Å². The first kappa shape index (κ1) is 13.9. The van der Waals surface area contributed by atoms with Gasteiger partial charge in [0, 0.05) is 13.0 Å². The minimum atomic E-state index is -0.810. The maximum absolute atomic E-state index is 10.7. The Morgan fingerprint density at radius 2 is 2.25 bits per heavy atom. The van der Waals surface area contributed by atoms with Gasteiger partial charge in [-0.1, -0.05) is 18.2 Å². The number of carboxylic acids is 1. The van der Waals surface area contributed by atoms with E-state index in [1.54, 1.807) is 0 Å². The van der Waals surface area contributed by atoms with E-state index in [9.17, 15) is 4.79 Å². The van der Waals surface area contributed by atoms with Crippen molar-refractivity contribution in [3.63, 3.8) is 0 Å². The molecule has 1 aromatic rings. The molecule has 3 unspecified atom stereocenters. The lowest BCUT2D eigenvalue weighted by Gasteiger charge is -2.21. The Morgan fingerprint density at radius 3 is 2.85 bits per heavy atom. The molecule has 20 heavy (non-hydrogen) atoms. The molecule has 2 aliphatic carbocycles. The minimum absolute atomic E-state index is 0.0479. The van der Waals surface area contributed by atoms with E-state index in [-0.39, 0.29) is 5.75 Å². The zero-order chi connectivity index (χ0) is 14.1. The highest BCUT2D eigenvalue weighted by Crippen LogP contribution is 2.49. The molecule has 3 rings (SSSR count). The summed E-state index contributed by atoms with van der Waals surface area (Å²) in [6, 6.07) is 0. The molecule has 0 aliphatic heterocycles. The van der Waals surface area contributed by atoms with Crippen molar-refractivity contribution in [1.82, 2.24) is 14.8 Å². The normalized spacial score (nSPS) is 28.1. The van der Waals surface area contributed by atoms with Gasteiger partial charge < -0.3 is 9.67 Å². The first-order chi connectivity index (χ1) is 9.67. The second kappa shape index (κ2) is 5.76. The second-order valence-corrected chi connectivity index (χ2v) is 6.91. The summed E-state index contributed by atoms with van der Waals surface area (Å²) in [5.41, 5.74) is 0. The lowest BCUT2D eigenvalue weighted by molar-refractivity contribution is -0.133. The first-order valence-electron chi connectivity index (χ1n) is 7.44. The van der Waals surface area contributed by atoms with Gasteiger partial charge >= 0.3 is 5.97 Å². The predicted molar refractivity (Wildman–Crippen MR) is 76.7 cm³/mol. The van der Waals surface area contributed by atoms with Crippen molar-refractivity contribution in [3.05, 3.63) is 5.82 Å². The Bertz CT molecular complexity index is 503.